The molecule has 2 fully saturated rings. The summed E-state index contributed by atoms with van der Waals surface area (Å²) in [7, 11) is 1.99. The zero-order chi connectivity index (χ0) is 17.6. The van der Waals surface area contributed by atoms with Crippen LogP contribution in [-0.2, 0) is 16.0 Å². The van der Waals surface area contributed by atoms with Gasteiger partial charge in [-0.25, -0.2) is 0 Å². The Labute approximate surface area is 154 Å². The summed E-state index contributed by atoms with van der Waals surface area (Å²) >= 11 is 1.61. The molecule has 0 spiro atoms. The Morgan fingerprint density at radius 2 is 2.04 bits per heavy atom. The molecule has 25 heavy (non-hydrogen) atoms. The van der Waals surface area contributed by atoms with Crippen LogP contribution in [-0.4, -0.2) is 60.9 Å². The van der Waals surface area contributed by atoms with Crippen LogP contribution in [0.25, 0.3) is 0 Å². The first kappa shape index (κ1) is 18.4. The second-order valence-electron chi connectivity index (χ2n) is 7.16. The maximum absolute atomic E-state index is 13.0. The van der Waals surface area contributed by atoms with Crippen LogP contribution in [0.2, 0.25) is 0 Å². The standard InChI is InChI=1S/C19H29N3O2S/c1-20-9-6-15-7-11-21(12-8-15)19(24)17-5-2-10-22(17)18(23)14-16-4-3-13-25-16/h3-4,13,15,17,20H,2,5-12,14H2,1H3. The number of nitrogens with one attached hydrogen (secondary N) is 1. The summed E-state index contributed by atoms with van der Waals surface area (Å²) in [4.78, 5) is 30.5. The molecule has 2 saturated heterocycles. The van der Waals surface area contributed by atoms with E-state index in [1.165, 1.54) is 6.42 Å². The minimum atomic E-state index is -0.235. The number of carbonyl (C=O) groups is 2. The minimum Gasteiger partial charge on any atom is -0.341 e. The maximum atomic E-state index is 13.0. The summed E-state index contributed by atoms with van der Waals surface area (Å²) in [6.07, 6.45) is 5.54. The van der Waals surface area contributed by atoms with E-state index in [4.69, 9.17) is 0 Å². The van der Waals surface area contributed by atoms with Gasteiger partial charge in [-0.15, -0.1) is 11.3 Å². The van der Waals surface area contributed by atoms with E-state index < -0.39 is 0 Å². The highest BCUT2D eigenvalue weighted by molar-refractivity contribution is 7.10. The van der Waals surface area contributed by atoms with Gasteiger partial charge in [-0.1, -0.05) is 6.07 Å². The van der Waals surface area contributed by atoms with Crippen molar-refractivity contribution in [2.75, 3.05) is 33.2 Å². The Bertz CT molecular complexity index is 567. The van der Waals surface area contributed by atoms with Gasteiger partial charge in [0.1, 0.15) is 6.04 Å². The van der Waals surface area contributed by atoms with Gasteiger partial charge < -0.3 is 15.1 Å². The molecule has 1 aromatic heterocycles. The quantitative estimate of drug-likeness (QED) is 0.842. The molecule has 0 saturated carbocycles. The van der Waals surface area contributed by atoms with Crippen molar-refractivity contribution >= 4 is 23.2 Å². The van der Waals surface area contributed by atoms with Gasteiger partial charge in [0.2, 0.25) is 11.8 Å². The first-order valence-corrected chi connectivity index (χ1v) is 10.3. The van der Waals surface area contributed by atoms with E-state index in [0.29, 0.717) is 6.42 Å². The monoisotopic (exact) mass is 363 g/mol. The summed E-state index contributed by atoms with van der Waals surface area (Å²) < 4.78 is 0. The number of hydrogen-bond donors (Lipinski definition) is 1. The fourth-order valence-corrected chi connectivity index (χ4v) is 4.68. The highest BCUT2D eigenvalue weighted by atomic mass is 32.1. The fraction of sp³-hybridized carbons (Fsp3) is 0.684. The van der Waals surface area contributed by atoms with Gasteiger partial charge in [-0.05, 0) is 63.1 Å². The van der Waals surface area contributed by atoms with Crippen molar-refractivity contribution in [1.82, 2.24) is 15.1 Å². The van der Waals surface area contributed by atoms with Crippen molar-refractivity contribution in [3.05, 3.63) is 22.4 Å². The van der Waals surface area contributed by atoms with E-state index in [9.17, 15) is 9.59 Å². The lowest BCUT2D eigenvalue weighted by Crippen LogP contribution is -2.50. The average molecular weight is 364 g/mol. The number of carbonyl (C=O) groups excluding carboxylic acids is 2. The third-order valence-corrected chi connectivity index (χ3v) is 6.37. The number of amides is 2. The lowest BCUT2D eigenvalue weighted by molar-refractivity contribution is -0.144. The molecule has 138 valence electrons. The van der Waals surface area contributed by atoms with Crippen LogP contribution in [0.5, 0.6) is 0 Å². The highest BCUT2D eigenvalue weighted by Crippen LogP contribution is 2.25. The highest BCUT2D eigenvalue weighted by Gasteiger charge is 2.37. The topological polar surface area (TPSA) is 52.7 Å². The van der Waals surface area contributed by atoms with Crippen LogP contribution in [0.4, 0.5) is 0 Å². The molecule has 6 heteroatoms. The molecule has 0 bridgehead atoms. The van der Waals surface area contributed by atoms with Crippen LogP contribution >= 0.6 is 11.3 Å². The van der Waals surface area contributed by atoms with Crippen LogP contribution < -0.4 is 5.32 Å². The van der Waals surface area contributed by atoms with E-state index >= 15 is 0 Å². The van der Waals surface area contributed by atoms with Gasteiger partial charge in [-0.2, -0.15) is 0 Å². The molecule has 1 unspecified atom stereocenters. The average Bonchev–Trinajstić information content (AvgIpc) is 3.31. The number of rotatable bonds is 6. The molecule has 2 amide bonds. The van der Waals surface area contributed by atoms with Gasteiger partial charge in [0, 0.05) is 24.5 Å². The largest absolute Gasteiger partial charge is 0.341 e. The molecule has 2 aliphatic heterocycles. The molecular formula is C19H29N3O2S. The number of hydrogen-bond acceptors (Lipinski definition) is 4. The van der Waals surface area contributed by atoms with Gasteiger partial charge >= 0.3 is 0 Å². The minimum absolute atomic E-state index is 0.0993. The number of thiophene rings is 1. The van der Waals surface area contributed by atoms with E-state index in [0.717, 1.165) is 62.7 Å². The van der Waals surface area contributed by atoms with E-state index in [1.807, 2.05) is 34.4 Å². The fourth-order valence-electron chi connectivity index (χ4n) is 3.99. The Balaban J connectivity index is 1.53. The Hall–Kier alpha value is -1.40. The van der Waals surface area contributed by atoms with Crippen LogP contribution in [0.1, 0.15) is 37.0 Å². The van der Waals surface area contributed by atoms with Gasteiger partial charge in [0.05, 0.1) is 6.42 Å². The van der Waals surface area contributed by atoms with Gasteiger partial charge in [0.15, 0.2) is 0 Å². The summed E-state index contributed by atoms with van der Waals surface area (Å²) in [5.74, 6) is 0.989. The van der Waals surface area contributed by atoms with Crippen molar-refractivity contribution in [3.63, 3.8) is 0 Å². The molecule has 2 aliphatic rings. The first-order valence-electron chi connectivity index (χ1n) is 9.44. The van der Waals surface area contributed by atoms with E-state index in [-0.39, 0.29) is 17.9 Å². The third-order valence-electron chi connectivity index (χ3n) is 5.49. The molecule has 0 radical (unpaired) electrons. The van der Waals surface area contributed by atoms with Gasteiger partial charge in [0.25, 0.3) is 0 Å². The third kappa shape index (κ3) is 4.61. The number of piperidine rings is 1. The van der Waals surface area contributed by atoms with E-state index in [1.54, 1.807) is 11.3 Å². The predicted molar refractivity (Wildman–Crippen MR) is 101 cm³/mol. The van der Waals surface area contributed by atoms with Crippen LogP contribution in [0, 0.1) is 5.92 Å². The molecule has 1 aromatic rings. The summed E-state index contributed by atoms with van der Waals surface area (Å²) in [5, 5.41) is 5.20. The molecule has 0 aromatic carbocycles. The summed E-state index contributed by atoms with van der Waals surface area (Å²) in [5.41, 5.74) is 0. The Morgan fingerprint density at radius 1 is 1.24 bits per heavy atom. The molecular weight excluding hydrogens is 334 g/mol. The molecule has 0 aliphatic carbocycles. The zero-order valence-corrected chi connectivity index (χ0v) is 15.9. The normalized spacial score (nSPS) is 21.7. The molecule has 1 atom stereocenters. The SMILES string of the molecule is CNCCC1CCN(C(=O)C2CCCN2C(=O)Cc2cccs2)CC1. The van der Waals surface area contributed by atoms with Crippen LogP contribution in [0.3, 0.4) is 0 Å². The Kier molecular flexibility index (Phi) is 6.48. The second-order valence-corrected chi connectivity index (χ2v) is 8.19. The van der Waals surface area contributed by atoms with Crippen molar-refractivity contribution in [2.24, 2.45) is 5.92 Å². The van der Waals surface area contributed by atoms with Crippen molar-refractivity contribution in [2.45, 2.75) is 44.6 Å². The predicted octanol–water partition coefficient (Wildman–Crippen LogP) is 2.13. The van der Waals surface area contributed by atoms with E-state index in [2.05, 4.69) is 5.32 Å². The van der Waals surface area contributed by atoms with Crippen molar-refractivity contribution in [3.8, 4) is 0 Å². The molecule has 3 heterocycles. The number of likely N-dealkylation sites (tertiary alicyclic amines) is 2. The van der Waals surface area contributed by atoms with Crippen molar-refractivity contribution in [1.29, 1.82) is 0 Å². The molecule has 5 nitrogen and oxygen atoms in total. The Morgan fingerprint density at radius 3 is 2.72 bits per heavy atom. The van der Waals surface area contributed by atoms with Crippen LogP contribution in [0.15, 0.2) is 17.5 Å². The van der Waals surface area contributed by atoms with Crippen molar-refractivity contribution < 1.29 is 9.59 Å². The molecule has 3 rings (SSSR count). The number of nitrogens with zero attached hydrogens (tertiary/aromatic N) is 2. The lowest BCUT2D eigenvalue weighted by atomic mass is 9.93. The maximum Gasteiger partial charge on any atom is 0.245 e. The smallest absolute Gasteiger partial charge is 0.245 e. The summed E-state index contributed by atoms with van der Waals surface area (Å²) in [6, 6.07) is 3.73. The zero-order valence-electron chi connectivity index (χ0n) is 15.1. The summed E-state index contributed by atoms with van der Waals surface area (Å²) in [6.45, 7) is 3.46. The van der Waals surface area contributed by atoms with Gasteiger partial charge in [-0.3, -0.25) is 9.59 Å². The molecule has 1 N–H and O–H groups in total. The first-order chi connectivity index (χ1) is 12.2. The lowest BCUT2D eigenvalue weighted by Gasteiger charge is -2.35. The second kappa shape index (κ2) is 8.81.